The number of sulfonamides is 1. The Labute approximate surface area is 229 Å². The van der Waals surface area contributed by atoms with Crippen LogP contribution in [-0.4, -0.2) is 93.9 Å². The summed E-state index contributed by atoms with van der Waals surface area (Å²) in [6.07, 6.45) is 7.15. The minimum absolute atomic E-state index is 0. The summed E-state index contributed by atoms with van der Waals surface area (Å²) in [7, 11) is 0.172. The number of benzene rings is 1. The van der Waals surface area contributed by atoms with Crippen molar-refractivity contribution in [2.45, 2.75) is 55.4 Å². The predicted octanol–water partition coefficient (Wildman–Crippen LogP) is 3.01. The Bertz CT molecular complexity index is 926. The molecule has 2 aliphatic heterocycles. The topological polar surface area (TPSA) is 82.2 Å². The molecule has 3 aliphatic rings. The number of hydrogen-bond acceptors (Lipinski definition) is 6. The summed E-state index contributed by atoms with van der Waals surface area (Å²) in [5, 5.41) is 3.29. The molecule has 2 saturated heterocycles. The number of nitrogens with one attached hydrogen (secondary N) is 1. The van der Waals surface area contributed by atoms with E-state index < -0.39 is 10.0 Å². The Morgan fingerprint density at radius 2 is 1.56 bits per heavy atom. The SMILES string of the molecule is COc1ccc(S(=O)(=O)N2CCC(C(=O)NCC3(N4CCN(C)CC4)CCCCC3)CC2)cc1.Cl.Cl. The van der Waals surface area contributed by atoms with Gasteiger partial charge in [0.1, 0.15) is 5.75 Å². The first-order valence-corrected chi connectivity index (χ1v) is 14.1. The number of nitrogens with zero attached hydrogens (tertiary/aromatic N) is 3. The Kier molecular flexibility index (Phi) is 11.8. The maximum absolute atomic E-state index is 13.1. The fourth-order valence-corrected chi connectivity index (χ4v) is 7.22. The van der Waals surface area contributed by atoms with Gasteiger partial charge in [0.15, 0.2) is 0 Å². The zero-order valence-electron chi connectivity index (χ0n) is 21.5. The lowest BCUT2D eigenvalue weighted by atomic mass is 9.79. The molecular formula is C25H42Cl2N4O4S. The summed E-state index contributed by atoms with van der Waals surface area (Å²) in [4.78, 5) is 18.4. The second-order valence-electron chi connectivity index (χ2n) is 10.1. The van der Waals surface area contributed by atoms with Gasteiger partial charge in [0, 0.05) is 57.3 Å². The molecule has 4 rings (SSSR count). The standard InChI is InChI=1S/C25H40N4O4S.2ClH/c1-27-16-18-28(19-17-27)25(12-4-3-5-13-25)20-26-24(30)21-10-14-29(15-11-21)34(31,32)23-8-6-22(33-2)7-9-23;;/h6-9,21H,3-5,10-20H2,1-2H3,(H,26,30);2*1H. The van der Waals surface area contributed by atoms with Crippen LogP contribution in [0, 0.1) is 5.92 Å². The predicted molar refractivity (Wildman–Crippen MR) is 147 cm³/mol. The minimum atomic E-state index is -3.56. The summed E-state index contributed by atoms with van der Waals surface area (Å²) in [6, 6.07) is 6.48. The number of hydrogen-bond donors (Lipinski definition) is 1. The van der Waals surface area contributed by atoms with Crippen LogP contribution in [0.5, 0.6) is 5.75 Å². The number of methoxy groups -OCH3 is 1. The zero-order chi connectivity index (χ0) is 24.2. The first kappa shape index (κ1) is 31.1. The smallest absolute Gasteiger partial charge is 0.243 e. The van der Waals surface area contributed by atoms with Crippen LogP contribution in [0.2, 0.25) is 0 Å². The number of carbonyl (C=O) groups is 1. The molecule has 3 fully saturated rings. The average Bonchev–Trinajstić information content (AvgIpc) is 2.88. The third-order valence-electron chi connectivity index (χ3n) is 8.07. The van der Waals surface area contributed by atoms with Gasteiger partial charge in [0.2, 0.25) is 15.9 Å². The van der Waals surface area contributed by atoms with Crippen LogP contribution in [0.25, 0.3) is 0 Å². The first-order valence-electron chi connectivity index (χ1n) is 12.7. The molecule has 8 nitrogen and oxygen atoms in total. The van der Waals surface area contributed by atoms with E-state index in [-0.39, 0.29) is 47.1 Å². The van der Waals surface area contributed by atoms with E-state index in [0.29, 0.717) is 38.2 Å². The van der Waals surface area contributed by atoms with E-state index in [0.717, 1.165) is 39.0 Å². The molecule has 2 heterocycles. The summed E-state index contributed by atoms with van der Waals surface area (Å²) < 4.78 is 32.7. The van der Waals surface area contributed by atoms with Gasteiger partial charge in [-0.05, 0) is 57.0 Å². The van der Waals surface area contributed by atoms with Gasteiger partial charge in [-0.2, -0.15) is 4.31 Å². The van der Waals surface area contributed by atoms with Crippen molar-refractivity contribution in [2.24, 2.45) is 5.92 Å². The molecule has 1 amide bonds. The molecule has 11 heteroatoms. The Hall–Kier alpha value is -1.10. The number of piperazine rings is 1. The number of piperidine rings is 1. The molecule has 0 radical (unpaired) electrons. The third kappa shape index (κ3) is 7.05. The average molecular weight is 566 g/mol. The summed E-state index contributed by atoms with van der Waals surface area (Å²) in [5.41, 5.74) is 0.0770. The van der Waals surface area contributed by atoms with Gasteiger partial charge in [-0.1, -0.05) is 19.3 Å². The van der Waals surface area contributed by atoms with Crippen molar-refractivity contribution in [1.29, 1.82) is 0 Å². The number of ether oxygens (including phenoxy) is 1. The Morgan fingerprint density at radius 1 is 0.972 bits per heavy atom. The number of carbonyl (C=O) groups excluding carboxylic acids is 1. The molecule has 36 heavy (non-hydrogen) atoms. The highest BCUT2D eigenvalue weighted by Gasteiger charge is 2.40. The van der Waals surface area contributed by atoms with Gasteiger partial charge in [-0.25, -0.2) is 8.42 Å². The molecule has 1 saturated carbocycles. The molecule has 0 bridgehead atoms. The van der Waals surface area contributed by atoms with Gasteiger partial charge in [0.05, 0.1) is 12.0 Å². The lowest BCUT2D eigenvalue weighted by Crippen LogP contribution is -2.61. The highest BCUT2D eigenvalue weighted by molar-refractivity contribution is 7.89. The van der Waals surface area contributed by atoms with Crippen LogP contribution in [0.3, 0.4) is 0 Å². The number of rotatable bonds is 7. The molecule has 1 aliphatic carbocycles. The number of amides is 1. The van der Waals surface area contributed by atoms with Crippen molar-refractivity contribution in [1.82, 2.24) is 19.4 Å². The van der Waals surface area contributed by atoms with Crippen LogP contribution in [0.15, 0.2) is 29.2 Å². The lowest BCUT2D eigenvalue weighted by molar-refractivity contribution is -0.127. The monoisotopic (exact) mass is 564 g/mol. The minimum Gasteiger partial charge on any atom is -0.497 e. The number of halogens is 2. The van der Waals surface area contributed by atoms with E-state index in [4.69, 9.17) is 4.74 Å². The van der Waals surface area contributed by atoms with Gasteiger partial charge in [0.25, 0.3) is 0 Å². The van der Waals surface area contributed by atoms with E-state index in [1.54, 1.807) is 31.4 Å². The number of likely N-dealkylation sites (N-methyl/N-ethyl adjacent to an activating group) is 1. The lowest BCUT2D eigenvalue weighted by Gasteiger charge is -2.49. The summed E-state index contributed by atoms with van der Waals surface area (Å²) in [6.45, 7) is 5.74. The van der Waals surface area contributed by atoms with Crippen LogP contribution in [0.1, 0.15) is 44.9 Å². The van der Waals surface area contributed by atoms with Crippen LogP contribution >= 0.6 is 24.8 Å². The van der Waals surface area contributed by atoms with E-state index in [2.05, 4.69) is 22.2 Å². The maximum Gasteiger partial charge on any atom is 0.243 e. The highest BCUT2D eigenvalue weighted by Crippen LogP contribution is 2.34. The summed E-state index contributed by atoms with van der Waals surface area (Å²) >= 11 is 0. The second-order valence-corrected chi connectivity index (χ2v) is 12.1. The zero-order valence-corrected chi connectivity index (χ0v) is 23.9. The maximum atomic E-state index is 13.1. The molecule has 1 aromatic carbocycles. The molecule has 206 valence electrons. The van der Waals surface area contributed by atoms with E-state index in [9.17, 15) is 13.2 Å². The molecule has 0 aromatic heterocycles. The van der Waals surface area contributed by atoms with E-state index in [1.807, 2.05) is 0 Å². The normalized spacial score (nSPS) is 22.2. The second kappa shape index (κ2) is 13.6. The van der Waals surface area contributed by atoms with Crippen molar-refractivity contribution in [2.75, 3.05) is 60.0 Å². The van der Waals surface area contributed by atoms with Gasteiger partial charge in [-0.3, -0.25) is 9.69 Å². The third-order valence-corrected chi connectivity index (χ3v) is 9.98. The molecule has 0 atom stereocenters. The summed E-state index contributed by atoms with van der Waals surface area (Å²) in [5.74, 6) is 0.581. The van der Waals surface area contributed by atoms with Crippen LogP contribution < -0.4 is 10.1 Å². The first-order chi connectivity index (χ1) is 16.3. The fourth-order valence-electron chi connectivity index (χ4n) is 5.75. The molecule has 0 unspecified atom stereocenters. The molecule has 1 N–H and O–H groups in total. The van der Waals surface area contributed by atoms with Crippen molar-refractivity contribution in [3.8, 4) is 5.75 Å². The van der Waals surface area contributed by atoms with Crippen molar-refractivity contribution >= 4 is 40.7 Å². The van der Waals surface area contributed by atoms with Crippen molar-refractivity contribution < 1.29 is 17.9 Å². The van der Waals surface area contributed by atoms with Crippen molar-refractivity contribution in [3.63, 3.8) is 0 Å². The van der Waals surface area contributed by atoms with Crippen molar-refractivity contribution in [3.05, 3.63) is 24.3 Å². The molecular weight excluding hydrogens is 523 g/mol. The van der Waals surface area contributed by atoms with Gasteiger partial charge in [-0.15, -0.1) is 24.8 Å². The quantitative estimate of drug-likeness (QED) is 0.548. The molecule has 1 aromatic rings. The van der Waals surface area contributed by atoms with E-state index >= 15 is 0 Å². The largest absolute Gasteiger partial charge is 0.497 e. The van der Waals surface area contributed by atoms with Gasteiger partial charge >= 0.3 is 0 Å². The Balaban J connectivity index is 0.00000228. The van der Waals surface area contributed by atoms with Crippen LogP contribution in [-0.2, 0) is 14.8 Å². The van der Waals surface area contributed by atoms with E-state index in [1.165, 1.54) is 23.6 Å². The van der Waals surface area contributed by atoms with Gasteiger partial charge < -0.3 is 15.0 Å². The highest BCUT2D eigenvalue weighted by atomic mass is 35.5. The molecule has 0 spiro atoms. The Morgan fingerprint density at radius 3 is 2.11 bits per heavy atom. The van der Waals surface area contributed by atoms with Crippen LogP contribution in [0.4, 0.5) is 0 Å². The fraction of sp³-hybridized carbons (Fsp3) is 0.720.